The Bertz CT molecular complexity index is 631. The highest BCUT2D eigenvalue weighted by molar-refractivity contribution is 7.89. The maximum atomic E-state index is 12.8. The molecule has 0 N–H and O–H groups in total. The molecule has 2 aliphatic rings. The molecule has 0 saturated carbocycles. The first-order chi connectivity index (χ1) is 10.5. The van der Waals surface area contributed by atoms with E-state index in [1.54, 1.807) is 10.4 Å². The van der Waals surface area contributed by atoms with Gasteiger partial charge in [-0.25, -0.2) is 8.42 Å². The number of hydrogen-bond donors (Lipinski definition) is 0. The van der Waals surface area contributed by atoms with Crippen LogP contribution in [-0.4, -0.2) is 38.0 Å². The lowest BCUT2D eigenvalue weighted by Crippen LogP contribution is -2.41. The summed E-state index contributed by atoms with van der Waals surface area (Å²) in [5.41, 5.74) is 2.52. The molecule has 5 heteroatoms. The number of benzene rings is 1. The zero-order valence-electron chi connectivity index (χ0n) is 13.4. The molecule has 0 spiro atoms. The van der Waals surface area contributed by atoms with E-state index in [2.05, 4.69) is 0 Å². The number of nitrogens with zero attached hydrogens (tertiary/aromatic N) is 1. The normalized spacial score (nSPS) is 20.5. The van der Waals surface area contributed by atoms with Crippen molar-refractivity contribution >= 4 is 10.0 Å². The van der Waals surface area contributed by atoms with E-state index < -0.39 is 10.0 Å². The number of piperidine rings is 1. The topological polar surface area (TPSA) is 46.6 Å². The zero-order chi connectivity index (χ0) is 15.7. The van der Waals surface area contributed by atoms with Gasteiger partial charge in [0.05, 0.1) is 17.1 Å². The van der Waals surface area contributed by atoms with Crippen molar-refractivity contribution in [2.75, 3.05) is 13.1 Å². The summed E-state index contributed by atoms with van der Waals surface area (Å²) in [5, 5.41) is 0. The van der Waals surface area contributed by atoms with Crippen molar-refractivity contribution < 1.29 is 13.2 Å². The second-order valence-electron chi connectivity index (χ2n) is 6.57. The minimum absolute atomic E-state index is 0.187. The van der Waals surface area contributed by atoms with Crippen LogP contribution in [0.25, 0.3) is 0 Å². The minimum atomic E-state index is -3.36. The first-order valence-corrected chi connectivity index (χ1v) is 9.68. The van der Waals surface area contributed by atoms with E-state index in [0.29, 0.717) is 18.0 Å². The average molecular weight is 323 g/mol. The van der Waals surface area contributed by atoms with Crippen LogP contribution in [0, 0.1) is 0 Å². The number of aryl methyl sites for hydroxylation is 2. The van der Waals surface area contributed by atoms with Crippen molar-refractivity contribution in [3.05, 3.63) is 29.3 Å². The van der Waals surface area contributed by atoms with Crippen LogP contribution in [-0.2, 0) is 27.6 Å². The van der Waals surface area contributed by atoms with Gasteiger partial charge in [-0.1, -0.05) is 6.07 Å². The molecule has 0 aromatic heterocycles. The van der Waals surface area contributed by atoms with Gasteiger partial charge in [-0.2, -0.15) is 4.31 Å². The monoisotopic (exact) mass is 323 g/mol. The fourth-order valence-corrected chi connectivity index (χ4v) is 4.97. The van der Waals surface area contributed by atoms with E-state index in [1.165, 1.54) is 11.1 Å². The molecule has 0 amide bonds. The largest absolute Gasteiger partial charge is 0.375 e. The second-order valence-corrected chi connectivity index (χ2v) is 8.51. The molecule has 4 nitrogen and oxygen atoms in total. The van der Waals surface area contributed by atoms with Crippen LogP contribution in [0.3, 0.4) is 0 Å². The fraction of sp³-hybridized carbons (Fsp3) is 0.647. The lowest BCUT2D eigenvalue weighted by atomic mass is 10.1. The molecule has 1 aliphatic heterocycles. The highest BCUT2D eigenvalue weighted by Gasteiger charge is 2.30. The SMILES string of the molecule is CC(C)OC1CCN(S(=O)(=O)c2ccc3c(c2)CCC3)CC1. The van der Waals surface area contributed by atoms with Gasteiger partial charge in [0.25, 0.3) is 0 Å². The van der Waals surface area contributed by atoms with E-state index in [-0.39, 0.29) is 12.2 Å². The molecule has 1 aromatic rings. The van der Waals surface area contributed by atoms with E-state index in [4.69, 9.17) is 4.74 Å². The highest BCUT2D eigenvalue weighted by Crippen LogP contribution is 2.28. The third kappa shape index (κ3) is 3.21. The Labute approximate surface area is 133 Å². The highest BCUT2D eigenvalue weighted by atomic mass is 32.2. The van der Waals surface area contributed by atoms with E-state index in [1.807, 2.05) is 26.0 Å². The quantitative estimate of drug-likeness (QED) is 0.856. The second kappa shape index (κ2) is 6.30. The molecule has 3 rings (SSSR count). The molecule has 1 fully saturated rings. The standard InChI is InChI=1S/C17H25NO3S/c1-13(2)21-16-8-10-18(11-9-16)22(19,20)17-7-6-14-4-3-5-15(14)12-17/h6-7,12-13,16H,3-5,8-11H2,1-2H3. The van der Waals surface area contributed by atoms with Crippen LogP contribution in [0.1, 0.15) is 44.2 Å². The lowest BCUT2D eigenvalue weighted by Gasteiger charge is -2.32. The zero-order valence-corrected chi connectivity index (χ0v) is 14.2. The molecule has 22 heavy (non-hydrogen) atoms. The Balaban J connectivity index is 1.71. The maximum absolute atomic E-state index is 12.8. The third-order valence-corrected chi connectivity index (χ3v) is 6.47. The molecule has 1 aliphatic carbocycles. The van der Waals surface area contributed by atoms with Crippen molar-refractivity contribution in [2.45, 2.75) is 63.1 Å². The van der Waals surface area contributed by atoms with E-state index >= 15 is 0 Å². The molecular weight excluding hydrogens is 298 g/mol. The van der Waals surface area contributed by atoms with Crippen molar-refractivity contribution in [3.8, 4) is 0 Å². The number of ether oxygens (including phenoxy) is 1. The van der Waals surface area contributed by atoms with Crippen LogP contribution in [0.2, 0.25) is 0 Å². The Kier molecular flexibility index (Phi) is 4.57. The summed E-state index contributed by atoms with van der Waals surface area (Å²) in [6.45, 7) is 5.15. The Morgan fingerprint density at radius 1 is 1.14 bits per heavy atom. The van der Waals surface area contributed by atoms with Crippen LogP contribution >= 0.6 is 0 Å². The summed E-state index contributed by atoms with van der Waals surface area (Å²) in [7, 11) is -3.36. The first-order valence-electron chi connectivity index (χ1n) is 8.24. The van der Waals surface area contributed by atoms with E-state index in [0.717, 1.165) is 32.1 Å². The van der Waals surface area contributed by atoms with Crippen LogP contribution in [0.5, 0.6) is 0 Å². The van der Waals surface area contributed by atoms with Gasteiger partial charge >= 0.3 is 0 Å². The van der Waals surface area contributed by atoms with Gasteiger partial charge in [-0.05, 0) is 69.2 Å². The van der Waals surface area contributed by atoms with Gasteiger partial charge in [-0.15, -0.1) is 0 Å². The predicted octanol–water partition coefficient (Wildman–Crippen LogP) is 2.75. The molecule has 0 bridgehead atoms. The molecule has 1 saturated heterocycles. The third-order valence-electron chi connectivity index (χ3n) is 4.57. The molecule has 1 aromatic carbocycles. The maximum Gasteiger partial charge on any atom is 0.243 e. The lowest BCUT2D eigenvalue weighted by molar-refractivity contribution is -0.0168. The Morgan fingerprint density at radius 2 is 1.82 bits per heavy atom. The molecule has 1 heterocycles. The van der Waals surface area contributed by atoms with Gasteiger partial charge in [-0.3, -0.25) is 0 Å². The van der Waals surface area contributed by atoms with E-state index in [9.17, 15) is 8.42 Å². The van der Waals surface area contributed by atoms with Gasteiger partial charge in [0.1, 0.15) is 0 Å². The molecule has 0 radical (unpaired) electrons. The van der Waals surface area contributed by atoms with Crippen LogP contribution < -0.4 is 0 Å². The van der Waals surface area contributed by atoms with Gasteiger partial charge < -0.3 is 4.74 Å². The van der Waals surface area contributed by atoms with Crippen molar-refractivity contribution in [2.24, 2.45) is 0 Å². The van der Waals surface area contributed by atoms with Gasteiger partial charge in [0.15, 0.2) is 0 Å². The number of fused-ring (bicyclic) bond motifs is 1. The summed E-state index contributed by atoms with van der Waals surface area (Å²) < 4.78 is 33.0. The number of rotatable bonds is 4. The summed E-state index contributed by atoms with van der Waals surface area (Å²) in [6.07, 6.45) is 5.16. The molecular formula is C17H25NO3S. The van der Waals surface area contributed by atoms with Crippen LogP contribution in [0.15, 0.2) is 23.1 Å². The van der Waals surface area contributed by atoms with Crippen molar-refractivity contribution in [3.63, 3.8) is 0 Å². The summed E-state index contributed by atoms with van der Waals surface area (Å²) in [5.74, 6) is 0. The van der Waals surface area contributed by atoms with Crippen molar-refractivity contribution in [1.29, 1.82) is 0 Å². The van der Waals surface area contributed by atoms with Gasteiger partial charge in [0.2, 0.25) is 10.0 Å². The van der Waals surface area contributed by atoms with Crippen molar-refractivity contribution in [1.82, 2.24) is 4.31 Å². The smallest absolute Gasteiger partial charge is 0.243 e. The molecule has 0 unspecified atom stereocenters. The summed E-state index contributed by atoms with van der Waals surface area (Å²) in [4.78, 5) is 0.455. The fourth-order valence-electron chi connectivity index (χ4n) is 3.45. The van der Waals surface area contributed by atoms with Crippen LogP contribution in [0.4, 0.5) is 0 Å². The first kappa shape index (κ1) is 16.0. The minimum Gasteiger partial charge on any atom is -0.375 e. The number of sulfonamides is 1. The predicted molar refractivity (Wildman–Crippen MR) is 86.5 cm³/mol. The number of hydrogen-bond acceptors (Lipinski definition) is 3. The Hall–Kier alpha value is -0.910. The summed E-state index contributed by atoms with van der Waals surface area (Å²) >= 11 is 0. The molecule has 0 atom stereocenters. The average Bonchev–Trinajstić information content (AvgIpc) is 2.94. The van der Waals surface area contributed by atoms with Gasteiger partial charge in [0, 0.05) is 13.1 Å². The molecule has 122 valence electrons. The Morgan fingerprint density at radius 3 is 2.50 bits per heavy atom. The summed E-state index contributed by atoms with van der Waals surface area (Å²) in [6, 6.07) is 5.65.